The molecule has 3 N–H and O–H groups in total. The van der Waals surface area contributed by atoms with Crippen LogP contribution in [0.3, 0.4) is 0 Å². The van der Waals surface area contributed by atoms with Crippen molar-refractivity contribution in [3.05, 3.63) is 53.3 Å². The molecule has 1 heterocycles. The van der Waals surface area contributed by atoms with Crippen molar-refractivity contribution in [1.82, 2.24) is 9.80 Å². The molecule has 1 saturated heterocycles. The minimum absolute atomic E-state index is 0.0133. The molecule has 0 aliphatic carbocycles. The molecule has 1 aliphatic rings. The normalized spacial score (nSPS) is 14.3. The van der Waals surface area contributed by atoms with Crippen LogP contribution in [0.1, 0.15) is 20.7 Å². The van der Waals surface area contributed by atoms with E-state index in [1.54, 1.807) is 6.07 Å². The summed E-state index contributed by atoms with van der Waals surface area (Å²) in [6, 6.07) is 7.85. The molecule has 0 saturated carbocycles. The van der Waals surface area contributed by atoms with E-state index < -0.39 is 34.9 Å². The highest BCUT2D eigenvalue weighted by atomic mass is 19.1. The molecule has 0 radical (unpaired) electrons. The van der Waals surface area contributed by atoms with E-state index in [4.69, 9.17) is 0 Å². The number of carbonyl (C=O) groups is 2. The smallest absolute Gasteiger partial charge is 0.256 e. The highest BCUT2D eigenvalue weighted by Gasteiger charge is 2.27. The molecule has 7 nitrogen and oxygen atoms in total. The van der Waals surface area contributed by atoms with E-state index in [0.717, 1.165) is 12.1 Å². The lowest BCUT2D eigenvalue weighted by Gasteiger charge is -2.35. The molecule has 2 amide bonds. The molecule has 3 rings (SSSR count). The number of rotatable bonds is 2. The Labute approximate surface area is 148 Å². The van der Waals surface area contributed by atoms with Gasteiger partial charge in [0.1, 0.15) is 5.82 Å². The van der Waals surface area contributed by atoms with Gasteiger partial charge < -0.3 is 25.1 Å². The number of piperazine rings is 1. The zero-order valence-corrected chi connectivity index (χ0v) is 13.7. The predicted molar refractivity (Wildman–Crippen MR) is 89.6 cm³/mol. The number of aromatic hydroxyl groups is 3. The first-order chi connectivity index (χ1) is 12.4. The molecule has 0 spiro atoms. The highest BCUT2D eigenvalue weighted by molar-refractivity contribution is 5.96. The Balaban J connectivity index is 1.68. The van der Waals surface area contributed by atoms with Crippen molar-refractivity contribution >= 4 is 11.8 Å². The molecule has 0 bridgehead atoms. The number of hydrogen-bond acceptors (Lipinski definition) is 5. The number of benzene rings is 2. The van der Waals surface area contributed by atoms with Crippen LogP contribution in [-0.4, -0.2) is 63.1 Å². The van der Waals surface area contributed by atoms with Crippen LogP contribution >= 0.6 is 0 Å². The minimum atomic E-state index is -0.693. The van der Waals surface area contributed by atoms with Crippen LogP contribution in [0.5, 0.6) is 17.2 Å². The predicted octanol–water partition coefficient (Wildman–Crippen LogP) is 1.54. The highest BCUT2D eigenvalue weighted by Crippen LogP contribution is 2.35. The first kappa shape index (κ1) is 17.5. The lowest BCUT2D eigenvalue weighted by Crippen LogP contribution is -2.50. The number of halogens is 1. The molecule has 0 atom stereocenters. The van der Waals surface area contributed by atoms with E-state index in [-0.39, 0.29) is 37.3 Å². The number of amides is 2. The van der Waals surface area contributed by atoms with Crippen LogP contribution in [0.4, 0.5) is 4.39 Å². The van der Waals surface area contributed by atoms with Crippen molar-refractivity contribution in [2.75, 3.05) is 26.2 Å². The topological polar surface area (TPSA) is 101 Å². The van der Waals surface area contributed by atoms with Crippen LogP contribution in [0.25, 0.3) is 0 Å². The van der Waals surface area contributed by atoms with Crippen LogP contribution in [0.2, 0.25) is 0 Å². The second-order valence-corrected chi connectivity index (χ2v) is 5.93. The maximum Gasteiger partial charge on any atom is 0.256 e. The molecule has 136 valence electrons. The van der Waals surface area contributed by atoms with Gasteiger partial charge in [-0.05, 0) is 24.3 Å². The number of carbonyl (C=O) groups excluding carboxylic acids is 2. The second kappa shape index (κ2) is 6.91. The maximum absolute atomic E-state index is 13.7. The Morgan fingerprint density at radius 2 is 1.35 bits per heavy atom. The molecule has 1 aliphatic heterocycles. The van der Waals surface area contributed by atoms with Gasteiger partial charge in [-0.2, -0.15) is 0 Å². The van der Waals surface area contributed by atoms with Gasteiger partial charge in [-0.25, -0.2) is 4.39 Å². The lowest BCUT2D eigenvalue weighted by atomic mass is 10.1. The Morgan fingerprint density at radius 3 is 1.88 bits per heavy atom. The van der Waals surface area contributed by atoms with Gasteiger partial charge in [0, 0.05) is 31.7 Å². The summed E-state index contributed by atoms with van der Waals surface area (Å²) in [5.41, 5.74) is 0.00679. The van der Waals surface area contributed by atoms with Crippen molar-refractivity contribution in [3.8, 4) is 17.2 Å². The molecule has 2 aromatic rings. The summed E-state index contributed by atoms with van der Waals surface area (Å²) in [5, 5.41) is 28.4. The first-order valence-corrected chi connectivity index (χ1v) is 7.96. The third-order valence-electron chi connectivity index (χ3n) is 4.27. The summed E-state index contributed by atoms with van der Waals surface area (Å²) in [7, 11) is 0. The van der Waals surface area contributed by atoms with Crippen molar-refractivity contribution in [2.45, 2.75) is 0 Å². The zero-order valence-electron chi connectivity index (χ0n) is 13.7. The number of phenols is 3. The van der Waals surface area contributed by atoms with E-state index in [1.165, 1.54) is 28.0 Å². The average molecular weight is 360 g/mol. The monoisotopic (exact) mass is 360 g/mol. The van der Waals surface area contributed by atoms with E-state index in [0.29, 0.717) is 0 Å². The van der Waals surface area contributed by atoms with Gasteiger partial charge >= 0.3 is 0 Å². The number of phenolic OH excluding ortho intramolecular Hbond substituents is 3. The quantitative estimate of drug-likeness (QED) is 0.705. The summed E-state index contributed by atoms with van der Waals surface area (Å²) in [4.78, 5) is 27.8. The Bertz CT molecular complexity index is 839. The van der Waals surface area contributed by atoms with Crippen LogP contribution in [-0.2, 0) is 0 Å². The van der Waals surface area contributed by atoms with E-state index in [1.807, 2.05) is 0 Å². The molecule has 8 heteroatoms. The average Bonchev–Trinajstić information content (AvgIpc) is 2.65. The van der Waals surface area contributed by atoms with Gasteiger partial charge in [0.2, 0.25) is 0 Å². The van der Waals surface area contributed by atoms with Gasteiger partial charge in [0.15, 0.2) is 17.2 Å². The van der Waals surface area contributed by atoms with Crippen LogP contribution < -0.4 is 0 Å². The summed E-state index contributed by atoms with van der Waals surface area (Å²) in [5.74, 6) is -3.36. The minimum Gasteiger partial charge on any atom is -0.504 e. The third kappa shape index (κ3) is 3.26. The molecular weight excluding hydrogens is 343 g/mol. The van der Waals surface area contributed by atoms with Gasteiger partial charge in [-0.3, -0.25) is 9.59 Å². The SMILES string of the molecule is O=C(c1cc(O)c(O)c(O)c1)N1CCN(C(=O)c2ccccc2F)CC1. The fourth-order valence-corrected chi connectivity index (χ4v) is 2.83. The molecule has 1 fully saturated rings. The third-order valence-corrected chi connectivity index (χ3v) is 4.27. The molecule has 26 heavy (non-hydrogen) atoms. The van der Waals surface area contributed by atoms with Gasteiger partial charge in [0.25, 0.3) is 11.8 Å². The molecular formula is C18H17FN2O5. The van der Waals surface area contributed by atoms with Crippen molar-refractivity contribution in [1.29, 1.82) is 0 Å². The standard InChI is InChI=1S/C18H17FN2O5/c19-13-4-2-1-3-12(13)18(26)21-7-5-20(6-8-21)17(25)11-9-14(22)16(24)15(23)10-11/h1-4,9-10,22-24H,5-8H2. The van der Waals surface area contributed by atoms with Crippen LogP contribution in [0.15, 0.2) is 36.4 Å². The van der Waals surface area contributed by atoms with E-state index >= 15 is 0 Å². The lowest BCUT2D eigenvalue weighted by molar-refractivity contribution is 0.0532. The molecule has 0 unspecified atom stereocenters. The summed E-state index contributed by atoms with van der Waals surface area (Å²) < 4.78 is 13.7. The van der Waals surface area contributed by atoms with Crippen molar-refractivity contribution in [3.63, 3.8) is 0 Å². The summed E-state index contributed by atoms with van der Waals surface area (Å²) in [6.07, 6.45) is 0. The molecule has 0 aromatic heterocycles. The summed E-state index contributed by atoms with van der Waals surface area (Å²) in [6.45, 7) is 0.909. The van der Waals surface area contributed by atoms with Gasteiger partial charge in [0.05, 0.1) is 5.56 Å². The fraction of sp³-hybridized carbons (Fsp3) is 0.222. The number of hydrogen-bond donors (Lipinski definition) is 3. The fourth-order valence-electron chi connectivity index (χ4n) is 2.83. The first-order valence-electron chi connectivity index (χ1n) is 7.96. The second-order valence-electron chi connectivity index (χ2n) is 5.93. The largest absolute Gasteiger partial charge is 0.504 e. The summed E-state index contributed by atoms with van der Waals surface area (Å²) >= 11 is 0. The van der Waals surface area contributed by atoms with E-state index in [2.05, 4.69) is 0 Å². The Morgan fingerprint density at radius 1 is 0.846 bits per heavy atom. The van der Waals surface area contributed by atoms with E-state index in [9.17, 15) is 29.3 Å². The van der Waals surface area contributed by atoms with Crippen LogP contribution in [0, 0.1) is 5.82 Å². The van der Waals surface area contributed by atoms with Crippen molar-refractivity contribution in [2.24, 2.45) is 0 Å². The zero-order chi connectivity index (χ0) is 18.8. The number of nitrogens with zero attached hydrogens (tertiary/aromatic N) is 2. The van der Waals surface area contributed by atoms with Gasteiger partial charge in [-0.15, -0.1) is 0 Å². The molecule has 2 aromatic carbocycles. The maximum atomic E-state index is 13.7. The Kier molecular flexibility index (Phi) is 4.66. The Hall–Kier alpha value is -3.29. The van der Waals surface area contributed by atoms with Crippen molar-refractivity contribution < 1.29 is 29.3 Å². The van der Waals surface area contributed by atoms with Gasteiger partial charge in [-0.1, -0.05) is 12.1 Å².